The molecule has 0 aliphatic carbocycles. The summed E-state index contributed by atoms with van der Waals surface area (Å²) in [5, 5.41) is 27.2. The zero-order valence-electron chi connectivity index (χ0n) is 15.6. The summed E-state index contributed by atoms with van der Waals surface area (Å²) >= 11 is 11.9. The second kappa shape index (κ2) is 9.45. The molecule has 0 saturated heterocycles. The monoisotopic (exact) mass is 464 g/mol. The second-order valence-corrected chi connectivity index (χ2v) is 7.03. The molecular formula is C19H14Cl2N4O6. The minimum Gasteiger partial charge on any atom is -0.481 e. The van der Waals surface area contributed by atoms with Crippen molar-refractivity contribution in [2.75, 3.05) is 5.32 Å². The standard InChI is InChI=1S/C19H14Cl2N4O6/c20-11-1-2-17(15(21)7-11)31-14-9-12(8-13(10-14)25(29)30)23-19(28)16-3-5-22-24(16)6-4-18(26)27/h1-3,5,7-10H,4,6H2,(H,23,28)(H,26,27). The average Bonchev–Trinajstić information content (AvgIpc) is 3.17. The highest BCUT2D eigenvalue weighted by molar-refractivity contribution is 6.35. The number of halogens is 2. The Hall–Kier alpha value is -3.63. The number of amides is 1. The van der Waals surface area contributed by atoms with E-state index in [0.29, 0.717) is 5.02 Å². The van der Waals surface area contributed by atoms with Gasteiger partial charge in [-0.2, -0.15) is 5.10 Å². The van der Waals surface area contributed by atoms with Crippen molar-refractivity contribution in [1.29, 1.82) is 0 Å². The Morgan fingerprint density at radius 1 is 1.19 bits per heavy atom. The molecule has 3 aromatic rings. The molecular weight excluding hydrogens is 451 g/mol. The lowest BCUT2D eigenvalue weighted by Crippen LogP contribution is -2.19. The molecule has 1 amide bonds. The largest absolute Gasteiger partial charge is 0.481 e. The molecule has 1 heterocycles. The molecule has 0 spiro atoms. The van der Waals surface area contributed by atoms with Crippen molar-refractivity contribution in [2.24, 2.45) is 0 Å². The number of nitro groups is 1. The van der Waals surface area contributed by atoms with Crippen LogP contribution in [-0.2, 0) is 11.3 Å². The lowest BCUT2D eigenvalue weighted by atomic mass is 10.2. The molecule has 0 unspecified atom stereocenters. The van der Waals surface area contributed by atoms with Crippen molar-refractivity contribution in [1.82, 2.24) is 9.78 Å². The molecule has 0 aliphatic heterocycles. The number of carboxylic acid groups (broad SMARTS) is 1. The van der Waals surface area contributed by atoms with Gasteiger partial charge in [0, 0.05) is 23.4 Å². The third-order valence-corrected chi connectivity index (χ3v) is 4.50. The van der Waals surface area contributed by atoms with E-state index in [1.807, 2.05) is 0 Å². The summed E-state index contributed by atoms with van der Waals surface area (Å²) in [6, 6.07) is 9.62. The van der Waals surface area contributed by atoms with Crippen molar-refractivity contribution in [2.45, 2.75) is 13.0 Å². The molecule has 0 aliphatic rings. The lowest BCUT2D eigenvalue weighted by molar-refractivity contribution is -0.384. The number of aryl methyl sites for hydroxylation is 1. The van der Waals surface area contributed by atoms with E-state index >= 15 is 0 Å². The topological polar surface area (TPSA) is 137 Å². The van der Waals surface area contributed by atoms with Crippen molar-refractivity contribution < 1.29 is 24.4 Å². The molecule has 0 radical (unpaired) electrons. The van der Waals surface area contributed by atoms with E-state index in [-0.39, 0.29) is 46.6 Å². The van der Waals surface area contributed by atoms with Gasteiger partial charge in [-0.15, -0.1) is 0 Å². The molecule has 3 rings (SSSR count). The first kappa shape index (κ1) is 22.1. The predicted molar refractivity (Wildman–Crippen MR) is 112 cm³/mol. The molecule has 12 heteroatoms. The molecule has 0 fully saturated rings. The Bertz CT molecular complexity index is 1160. The minimum absolute atomic E-state index is 0.0105. The Kier molecular flexibility index (Phi) is 6.73. The number of rotatable bonds is 8. The molecule has 10 nitrogen and oxygen atoms in total. The van der Waals surface area contributed by atoms with Crippen molar-refractivity contribution in [3.8, 4) is 11.5 Å². The normalized spacial score (nSPS) is 10.5. The number of hydrogen-bond acceptors (Lipinski definition) is 6. The Labute approximate surface area is 185 Å². The minimum atomic E-state index is -1.04. The molecule has 0 atom stereocenters. The molecule has 160 valence electrons. The SMILES string of the molecule is O=C(O)CCn1nccc1C(=O)Nc1cc(Oc2ccc(Cl)cc2Cl)cc([N+](=O)[O-])c1. The maximum absolute atomic E-state index is 12.6. The maximum Gasteiger partial charge on any atom is 0.305 e. The van der Waals surface area contributed by atoms with Gasteiger partial charge in [0.05, 0.1) is 34.7 Å². The zero-order valence-corrected chi connectivity index (χ0v) is 17.1. The van der Waals surface area contributed by atoms with Crippen molar-refractivity contribution >= 4 is 46.5 Å². The van der Waals surface area contributed by atoms with E-state index in [1.54, 1.807) is 6.07 Å². The van der Waals surface area contributed by atoms with Gasteiger partial charge in [-0.25, -0.2) is 0 Å². The van der Waals surface area contributed by atoms with Gasteiger partial charge in [-0.1, -0.05) is 23.2 Å². The third-order valence-electron chi connectivity index (χ3n) is 3.97. The molecule has 31 heavy (non-hydrogen) atoms. The van der Waals surface area contributed by atoms with E-state index in [0.717, 1.165) is 6.07 Å². The first-order chi connectivity index (χ1) is 14.7. The van der Waals surface area contributed by atoms with Gasteiger partial charge < -0.3 is 15.2 Å². The number of carbonyl (C=O) groups excluding carboxylic acids is 1. The van der Waals surface area contributed by atoms with Crippen LogP contribution in [0.3, 0.4) is 0 Å². The number of nitro benzene ring substituents is 1. The third kappa shape index (κ3) is 5.71. The molecule has 0 bridgehead atoms. The van der Waals surface area contributed by atoms with Crippen LogP contribution in [0.5, 0.6) is 11.5 Å². The maximum atomic E-state index is 12.6. The van der Waals surface area contributed by atoms with Gasteiger partial charge in [0.2, 0.25) is 0 Å². The van der Waals surface area contributed by atoms with Gasteiger partial charge >= 0.3 is 5.97 Å². The van der Waals surface area contributed by atoms with Gasteiger partial charge in [-0.3, -0.25) is 24.4 Å². The molecule has 1 aromatic heterocycles. The fourth-order valence-corrected chi connectivity index (χ4v) is 3.05. The van der Waals surface area contributed by atoms with Gasteiger partial charge in [0.1, 0.15) is 17.2 Å². The average molecular weight is 465 g/mol. The predicted octanol–water partition coefficient (Wildman–Crippen LogP) is 4.62. The fraction of sp³-hybridized carbons (Fsp3) is 0.105. The first-order valence-electron chi connectivity index (χ1n) is 8.70. The highest BCUT2D eigenvalue weighted by Gasteiger charge is 2.17. The van der Waals surface area contributed by atoms with Gasteiger partial charge in [0.15, 0.2) is 0 Å². The number of non-ortho nitro benzene ring substituents is 1. The van der Waals surface area contributed by atoms with Crippen LogP contribution in [0, 0.1) is 10.1 Å². The van der Waals surface area contributed by atoms with E-state index < -0.39 is 16.8 Å². The van der Waals surface area contributed by atoms with Crippen LogP contribution in [0.1, 0.15) is 16.9 Å². The van der Waals surface area contributed by atoms with Crippen LogP contribution in [0.2, 0.25) is 10.0 Å². The highest BCUT2D eigenvalue weighted by Crippen LogP contribution is 2.34. The van der Waals surface area contributed by atoms with E-state index in [1.165, 1.54) is 41.2 Å². The van der Waals surface area contributed by atoms with Crippen LogP contribution in [0.25, 0.3) is 0 Å². The van der Waals surface area contributed by atoms with Gasteiger partial charge in [0.25, 0.3) is 11.6 Å². The number of aliphatic carboxylic acids is 1. The number of carbonyl (C=O) groups is 2. The van der Waals surface area contributed by atoms with E-state index in [2.05, 4.69) is 10.4 Å². The Morgan fingerprint density at radius 3 is 2.65 bits per heavy atom. The number of aromatic nitrogens is 2. The van der Waals surface area contributed by atoms with Crippen LogP contribution in [0.15, 0.2) is 48.7 Å². The van der Waals surface area contributed by atoms with Crippen LogP contribution in [0.4, 0.5) is 11.4 Å². The first-order valence-corrected chi connectivity index (χ1v) is 9.46. The Balaban J connectivity index is 1.86. The van der Waals surface area contributed by atoms with Crippen LogP contribution >= 0.6 is 23.2 Å². The fourth-order valence-electron chi connectivity index (χ4n) is 2.61. The summed E-state index contributed by atoms with van der Waals surface area (Å²) < 4.78 is 6.86. The van der Waals surface area contributed by atoms with Gasteiger partial charge in [-0.05, 0) is 24.3 Å². The van der Waals surface area contributed by atoms with Crippen LogP contribution in [-0.4, -0.2) is 31.7 Å². The highest BCUT2D eigenvalue weighted by atomic mass is 35.5. The summed E-state index contributed by atoms with van der Waals surface area (Å²) in [4.78, 5) is 34.1. The number of hydrogen-bond donors (Lipinski definition) is 2. The number of nitrogens with zero attached hydrogens (tertiary/aromatic N) is 3. The smallest absolute Gasteiger partial charge is 0.305 e. The summed E-state index contributed by atoms with van der Waals surface area (Å²) in [7, 11) is 0. The number of benzene rings is 2. The quantitative estimate of drug-likeness (QED) is 0.366. The summed E-state index contributed by atoms with van der Waals surface area (Å²) in [5.74, 6) is -1.38. The van der Waals surface area contributed by atoms with E-state index in [9.17, 15) is 19.7 Å². The van der Waals surface area contributed by atoms with Crippen molar-refractivity contribution in [3.05, 3.63) is 74.5 Å². The Morgan fingerprint density at radius 2 is 1.97 bits per heavy atom. The molecule has 0 saturated carbocycles. The van der Waals surface area contributed by atoms with Crippen LogP contribution < -0.4 is 10.1 Å². The lowest BCUT2D eigenvalue weighted by Gasteiger charge is -2.11. The van der Waals surface area contributed by atoms with E-state index in [4.69, 9.17) is 33.0 Å². The number of ether oxygens (including phenoxy) is 1. The molecule has 2 aromatic carbocycles. The van der Waals surface area contributed by atoms with Crippen molar-refractivity contribution in [3.63, 3.8) is 0 Å². The number of anilines is 1. The number of carboxylic acids is 1. The number of nitrogens with one attached hydrogen (secondary N) is 1. The second-order valence-electron chi connectivity index (χ2n) is 6.19. The summed E-state index contributed by atoms with van der Waals surface area (Å²) in [6.07, 6.45) is 1.12. The summed E-state index contributed by atoms with van der Waals surface area (Å²) in [6.45, 7) is -0.0105. The molecule has 2 N–H and O–H groups in total. The zero-order chi connectivity index (χ0) is 22.5. The summed E-state index contributed by atoms with van der Waals surface area (Å²) in [5.41, 5.74) is -0.140.